The summed E-state index contributed by atoms with van der Waals surface area (Å²) >= 11 is 6.10. The molecule has 7 heteroatoms. The first-order valence-electron chi connectivity index (χ1n) is 9.64. The van der Waals surface area contributed by atoms with E-state index in [4.69, 9.17) is 21.1 Å². The number of rotatable bonds is 5. The molecular formula is C23H19ClN4O2. The van der Waals surface area contributed by atoms with Gasteiger partial charge in [0.2, 0.25) is 0 Å². The van der Waals surface area contributed by atoms with E-state index in [0.29, 0.717) is 24.8 Å². The Hall–Kier alpha value is -3.51. The molecule has 0 unspecified atom stereocenters. The predicted octanol–water partition coefficient (Wildman–Crippen LogP) is 5.41. The van der Waals surface area contributed by atoms with Gasteiger partial charge >= 0.3 is 0 Å². The molecule has 0 amide bonds. The highest BCUT2D eigenvalue weighted by Crippen LogP contribution is 2.31. The van der Waals surface area contributed by atoms with Crippen molar-refractivity contribution in [2.75, 3.05) is 23.8 Å². The molecule has 150 valence electrons. The highest BCUT2D eigenvalue weighted by atomic mass is 35.5. The second kappa shape index (κ2) is 8.08. The van der Waals surface area contributed by atoms with E-state index in [0.717, 1.165) is 45.2 Å². The summed E-state index contributed by atoms with van der Waals surface area (Å²) in [6.07, 6.45) is 1.55. The van der Waals surface area contributed by atoms with Crippen molar-refractivity contribution in [3.05, 3.63) is 77.6 Å². The van der Waals surface area contributed by atoms with Crippen LogP contribution in [0.2, 0.25) is 5.02 Å². The van der Waals surface area contributed by atoms with E-state index in [1.165, 1.54) is 0 Å². The number of benzene rings is 3. The monoisotopic (exact) mass is 418 g/mol. The van der Waals surface area contributed by atoms with Gasteiger partial charge in [0.25, 0.3) is 0 Å². The first-order chi connectivity index (χ1) is 14.7. The largest absolute Gasteiger partial charge is 0.486 e. The van der Waals surface area contributed by atoms with Crippen LogP contribution in [0.1, 0.15) is 5.56 Å². The van der Waals surface area contributed by atoms with Gasteiger partial charge in [-0.25, -0.2) is 9.97 Å². The Labute approximate surface area is 178 Å². The molecule has 0 radical (unpaired) electrons. The molecule has 1 aromatic heterocycles. The summed E-state index contributed by atoms with van der Waals surface area (Å²) in [7, 11) is 0. The molecule has 6 nitrogen and oxygen atoms in total. The van der Waals surface area contributed by atoms with Gasteiger partial charge in [0.05, 0.1) is 5.52 Å². The third kappa shape index (κ3) is 3.95. The maximum Gasteiger partial charge on any atom is 0.161 e. The molecule has 0 saturated heterocycles. The average molecular weight is 419 g/mol. The Kier molecular flexibility index (Phi) is 4.99. The smallest absolute Gasteiger partial charge is 0.161 e. The Bertz CT molecular complexity index is 1210. The number of nitrogens with one attached hydrogen (secondary N) is 2. The number of halogens is 1. The van der Waals surface area contributed by atoms with Gasteiger partial charge in [-0.2, -0.15) is 0 Å². The fraction of sp³-hybridized carbons (Fsp3) is 0.130. The Balaban J connectivity index is 1.37. The maximum atomic E-state index is 6.10. The van der Waals surface area contributed by atoms with E-state index in [9.17, 15) is 0 Å². The first-order valence-corrected chi connectivity index (χ1v) is 10.0. The number of nitrogens with zero attached hydrogens (tertiary/aromatic N) is 2. The summed E-state index contributed by atoms with van der Waals surface area (Å²) < 4.78 is 11.3. The Morgan fingerprint density at radius 1 is 0.867 bits per heavy atom. The van der Waals surface area contributed by atoms with Crippen molar-refractivity contribution in [2.24, 2.45) is 0 Å². The summed E-state index contributed by atoms with van der Waals surface area (Å²) in [5, 5.41) is 8.38. The van der Waals surface area contributed by atoms with Crippen LogP contribution in [0, 0.1) is 0 Å². The predicted molar refractivity (Wildman–Crippen MR) is 119 cm³/mol. The second-order valence-corrected chi connectivity index (χ2v) is 7.36. The fourth-order valence-electron chi connectivity index (χ4n) is 3.37. The van der Waals surface area contributed by atoms with Gasteiger partial charge in [-0.3, -0.25) is 0 Å². The molecule has 0 bridgehead atoms. The lowest BCUT2D eigenvalue weighted by Crippen LogP contribution is -2.15. The van der Waals surface area contributed by atoms with Gasteiger partial charge in [0.15, 0.2) is 11.5 Å². The molecule has 1 aliphatic rings. The van der Waals surface area contributed by atoms with Crippen LogP contribution in [0.4, 0.5) is 17.2 Å². The van der Waals surface area contributed by atoms with E-state index in [-0.39, 0.29) is 0 Å². The van der Waals surface area contributed by atoms with E-state index >= 15 is 0 Å². The molecule has 1 aliphatic heterocycles. The van der Waals surface area contributed by atoms with Gasteiger partial charge in [0.1, 0.15) is 25.4 Å². The summed E-state index contributed by atoms with van der Waals surface area (Å²) in [4.78, 5) is 8.79. The van der Waals surface area contributed by atoms with Crippen LogP contribution in [0.15, 0.2) is 67.0 Å². The summed E-state index contributed by atoms with van der Waals surface area (Å²) in [6, 6.07) is 19.6. The van der Waals surface area contributed by atoms with Gasteiger partial charge in [0, 0.05) is 28.3 Å². The highest BCUT2D eigenvalue weighted by Gasteiger charge is 2.12. The molecule has 5 rings (SSSR count). The number of aromatic nitrogens is 2. The Morgan fingerprint density at radius 2 is 1.77 bits per heavy atom. The van der Waals surface area contributed by atoms with Crippen LogP contribution in [0.5, 0.6) is 11.5 Å². The highest BCUT2D eigenvalue weighted by molar-refractivity contribution is 6.30. The average Bonchev–Trinajstić information content (AvgIpc) is 2.78. The van der Waals surface area contributed by atoms with Crippen molar-refractivity contribution < 1.29 is 9.47 Å². The summed E-state index contributed by atoms with van der Waals surface area (Å²) in [5.41, 5.74) is 3.82. The third-order valence-electron chi connectivity index (χ3n) is 4.83. The molecule has 0 spiro atoms. The lowest BCUT2D eigenvalue weighted by atomic mass is 10.1. The first kappa shape index (κ1) is 18.5. The van der Waals surface area contributed by atoms with Crippen molar-refractivity contribution in [1.82, 2.24) is 9.97 Å². The van der Waals surface area contributed by atoms with Crippen molar-refractivity contribution >= 4 is 39.7 Å². The van der Waals surface area contributed by atoms with Gasteiger partial charge in [-0.1, -0.05) is 23.7 Å². The number of hydrogen-bond acceptors (Lipinski definition) is 6. The van der Waals surface area contributed by atoms with Crippen LogP contribution < -0.4 is 20.1 Å². The molecule has 3 aromatic carbocycles. The maximum absolute atomic E-state index is 6.10. The number of ether oxygens (including phenoxy) is 2. The third-order valence-corrected chi connectivity index (χ3v) is 5.06. The zero-order valence-electron chi connectivity index (χ0n) is 16.1. The molecule has 4 aromatic rings. The molecule has 0 fully saturated rings. The zero-order chi connectivity index (χ0) is 20.3. The summed E-state index contributed by atoms with van der Waals surface area (Å²) in [5.74, 6) is 2.32. The minimum Gasteiger partial charge on any atom is -0.486 e. The second-order valence-electron chi connectivity index (χ2n) is 6.92. The molecule has 30 heavy (non-hydrogen) atoms. The van der Waals surface area contributed by atoms with E-state index in [1.807, 2.05) is 60.7 Å². The molecule has 2 heterocycles. The molecular weight excluding hydrogens is 400 g/mol. The van der Waals surface area contributed by atoms with E-state index in [1.54, 1.807) is 6.33 Å². The quantitative estimate of drug-likeness (QED) is 0.451. The van der Waals surface area contributed by atoms with Crippen molar-refractivity contribution in [3.8, 4) is 11.5 Å². The number of fused-ring (bicyclic) bond motifs is 2. The Morgan fingerprint density at radius 3 is 2.67 bits per heavy atom. The fourth-order valence-corrected chi connectivity index (χ4v) is 3.56. The van der Waals surface area contributed by atoms with E-state index in [2.05, 4.69) is 20.6 Å². The van der Waals surface area contributed by atoms with Crippen molar-refractivity contribution in [3.63, 3.8) is 0 Å². The van der Waals surface area contributed by atoms with Crippen LogP contribution in [-0.2, 0) is 6.54 Å². The standard InChI is InChI=1S/C23H19ClN4O2/c24-16-2-1-3-18(11-16)28-23-19-12-17(5-6-20(19)26-14-27-23)25-13-15-4-7-21-22(10-15)30-9-8-29-21/h1-7,10-12,14,25H,8-9,13H2,(H,26,27,28). The van der Waals surface area contributed by atoms with Crippen molar-refractivity contribution in [2.45, 2.75) is 6.54 Å². The zero-order valence-corrected chi connectivity index (χ0v) is 16.8. The minimum absolute atomic E-state index is 0.580. The van der Waals surface area contributed by atoms with Crippen LogP contribution in [-0.4, -0.2) is 23.2 Å². The van der Waals surface area contributed by atoms with Crippen molar-refractivity contribution in [1.29, 1.82) is 0 Å². The van der Waals surface area contributed by atoms with Crippen LogP contribution in [0.3, 0.4) is 0 Å². The van der Waals surface area contributed by atoms with Crippen LogP contribution >= 0.6 is 11.6 Å². The minimum atomic E-state index is 0.580. The number of hydrogen-bond donors (Lipinski definition) is 2. The van der Waals surface area contributed by atoms with Gasteiger partial charge in [-0.15, -0.1) is 0 Å². The van der Waals surface area contributed by atoms with Gasteiger partial charge in [-0.05, 0) is 54.1 Å². The summed E-state index contributed by atoms with van der Waals surface area (Å²) in [6.45, 7) is 1.83. The van der Waals surface area contributed by atoms with Gasteiger partial charge < -0.3 is 20.1 Å². The topological polar surface area (TPSA) is 68.3 Å². The number of anilines is 3. The van der Waals surface area contributed by atoms with E-state index < -0.39 is 0 Å². The molecule has 0 atom stereocenters. The molecule has 2 N–H and O–H groups in total. The SMILES string of the molecule is Clc1cccc(Nc2ncnc3ccc(NCc4ccc5c(c4)OCCO5)cc23)c1. The molecule has 0 aliphatic carbocycles. The lowest BCUT2D eigenvalue weighted by Gasteiger charge is -2.19. The molecule has 0 saturated carbocycles. The van der Waals surface area contributed by atoms with Crippen LogP contribution in [0.25, 0.3) is 10.9 Å². The normalized spacial score (nSPS) is 12.6. The lowest BCUT2D eigenvalue weighted by molar-refractivity contribution is 0.171.